The fraction of sp³-hybridized carbons (Fsp3) is 0.0952. The molecule has 0 aliphatic rings. The SMILES string of the molecule is O=C(Nc1ccccc1)c1ccnc(C(=O)NCCc2ccc(F)cc2)c1. The average molecular weight is 363 g/mol. The number of halogens is 1. The molecule has 2 N–H and O–H groups in total. The molecule has 0 spiro atoms. The highest BCUT2D eigenvalue weighted by Crippen LogP contribution is 2.09. The number of hydrogen-bond acceptors (Lipinski definition) is 3. The molecular weight excluding hydrogens is 345 g/mol. The predicted molar refractivity (Wildman–Crippen MR) is 101 cm³/mol. The first-order valence-corrected chi connectivity index (χ1v) is 8.47. The zero-order valence-corrected chi connectivity index (χ0v) is 14.5. The molecule has 0 radical (unpaired) electrons. The molecular formula is C21H18FN3O2. The zero-order chi connectivity index (χ0) is 19.1. The smallest absolute Gasteiger partial charge is 0.269 e. The van der Waals surface area contributed by atoms with Crippen LogP contribution >= 0.6 is 0 Å². The van der Waals surface area contributed by atoms with Crippen LogP contribution in [0, 0.1) is 5.82 Å². The summed E-state index contributed by atoms with van der Waals surface area (Å²) in [5.74, 6) is -0.979. The van der Waals surface area contributed by atoms with Crippen LogP contribution < -0.4 is 10.6 Å². The van der Waals surface area contributed by atoms with Gasteiger partial charge in [0.1, 0.15) is 11.5 Å². The number of hydrogen-bond donors (Lipinski definition) is 2. The summed E-state index contributed by atoms with van der Waals surface area (Å²) in [7, 11) is 0. The minimum atomic E-state index is -0.369. The Balaban J connectivity index is 1.58. The number of benzene rings is 2. The van der Waals surface area contributed by atoms with E-state index >= 15 is 0 Å². The number of carbonyl (C=O) groups excluding carboxylic acids is 2. The lowest BCUT2D eigenvalue weighted by molar-refractivity contribution is 0.0949. The summed E-state index contributed by atoms with van der Waals surface area (Å²) in [6.07, 6.45) is 2.00. The van der Waals surface area contributed by atoms with Crippen molar-refractivity contribution in [2.75, 3.05) is 11.9 Å². The molecule has 0 bridgehead atoms. The normalized spacial score (nSPS) is 10.3. The Morgan fingerprint density at radius 3 is 2.41 bits per heavy atom. The maximum Gasteiger partial charge on any atom is 0.269 e. The Labute approximate surface area is 156 Å². The van der Waals surface area contributed by atoms with E-state index in [1.807, 2.05) is 18.2 Å². The Hall–Kier alpha value is -3.54. The molecule has 0 aliphatic carbocycles. The fourth-order valence-corrected chi connectivity index (χ4v) is 2.48. The van der Waals surface area contributed by atoms with Crippen molar-refractivity contribution < 1.29 is 14.0 Å². The van der Waals surface area contributed by atoms with Crippen LogP contribution in [0.4, 0.5) is 10.1 Å². The molecule has 0 aliphatic heterocycles. The molecule has 2 amide bonds. The summed E-state index contributed by atoms with van der Waals surface area (Å²) in [6, 6.07) is 18.2. The first kappa shape index (κ1) is 18.3. The molecule has 0 atom stereocenters. The van der Waals surface area contributed by atoms with Gasteiger partial charge in [0, 0.05) is 24.0 Å². The van der Waals surface area contributed by atoms with E-state index in [9.17, 15) is 14.0 Å². The molecule has 27 heavy (non-hydrogen) atoms. The molecule has 0 fully saturated rings. The minimum Gasteiger partial charge on any atom is -0.350 e. The van der Waals surface area contributed by atoms with Crippen molar-refractivity contribution >= 4 is 17.5 Å². The quantitative estimate of drug-likeness (QED) is 0.705. The van der Waals surface area contributed by atoms with Gasteiger partial charge in [-0.1, -0.05) is 30.3 Å². The monoisotopic (exact) mass is 363 g/mol. The number of amides is 2. The molecule has 0 saturated heterocycles. The molecule has 5 nitrogen and oxygen atoms in total. The topological polar surface area (TPSA) is 71.1 Å². The summed E-state index contributed by atoms with van der Waals surface area (Å²) in [5.41, 5.74) is 2.10. The summed E-state index contributed by atoms with van der Waals surface area (Å²) in [6.45, 7) is 0.382. The molecule has 2 aromatic carbocycles. The number of para-hydroxylation sites is 1. The van der Waals surface area contributed by atoms with Crippen molar-refractivity contribution in [3.63, 3.8) is 0 Å². The van der Waals surface area contributed by atoms with E-state index < -0.39 is 0 Å². The van der Waals surface area contributed by atoms with Crippen LogP contribution in [0.15, 0.2) is 72.9 Å². The second-order valence-electron chi connectivity index (χ2n) is 5.88. The van der Waals surface area contributed by atoms with Gasteiger partial charge >= 0.3 is 0 Å². The molecule has 3 rings (SSSR count). The van der Waals surface area contributed by atoms with Crippen LogP contribution in [0.25, 0.3) is 0 Å². The molecule has 0 saturated carbocycles. The van der Waals surface area contributed by atoms with E-state index in [4.69, 9.17) is 0 Å². The molecule has 3 aromatic rings. The van der Waals surface area contributed by atoms with E-state index in [0.717, 1.165) is 5.56 Å². The third-order valence-corrected chi connectivity index (χ3v) is 3.90. The van der Waals surface area contributed by atoms with Gasteiger partial charge in [-0.25, -0.2) is 4.39 Å². The van der Waals surface area contributed by atoms with E-state index in [2.05, 4.69) is 15.6 Å². The van der Waals surface area contributed by atoms with Gasteiger partial charge in [-0.15, -0.1) is 0 Å². The number of rotatable bonds is 6. The number of pyridine rings is 1. The average Bonchev–Trinajstić information content (AvgIpc) is 2.70. The van der Waals surface area contributed by atoms with Gasteiger partial charge in [0.2, 0.25) is 0 Å². The van der Waals surface area contributed by atoms with Crippen molar-refractivity contribution in [2.45, 2.75) is 6.42 Å². The summed E-state index contributed by atoms with van der Waals surface area (Å²) in [5, 5.41) is 5.52. The Morgan fingerprint density at radius 2 is 1.67 bits per heavy atom. The molecule has 1 heterocycles. The number of anilines is 1. The first-order chi connectivity index (χ1) is 13.1. The van der Waals surface area contributed by atoms with Crippen LogP contribution in [0.2, 0.25) is 0 Å². The van der Waals surface area contributed by atoms with Gasteiger partial charge in [-0.2, -0.15) is 0 Å². The second kappa shape index (κ2) is 8.71. The largest absolute Gasteiger partial charge is 0.350 e. The lowest BCUT2D eigenvalue weighted by Gasteiger charge is -2.07. The van der Waals surface area contributed by atoms with Crippen LogP contribution in [0.1, 0.15) is 26.4 Å². The Bertz CT molecular complexity index is 928. The van der Waals surface area contributed by atoms with Crippen molar-refractivity contribution in [1.82, 2.24) is 10.3 Å². The highest BCUT2D eigenvalue weighted by atomic mass is 19.1. The van der Waals surface area contributed by atoms with E-state index in [0.29, 0.717) is 24.2 Å². The zero-order valence-electron chi connectivity index (χ0n) is 14.5. The maximum absolute atomic E-state index is 12.9. The highest BCUT2D eigenvalue weighted by Gasteiger charge is 2.12. The lowest BCUT2D eigenvalue weighted by Crippen LogP contribution is -2.27. The van der Waals surface area contributed by atoms with Crippen molar-refractivity contribution in [3.05, 3.63) is 95.6 Å². The second-order valence-corrected chi connectivity index (χ2v) is 5.88. The first-order valence-electron chi connectivity index (χ1n) is 8.47. The fourth-order valence-electron chi connectivity index (χ4n) is 2.48. The van der Waals surface area contributed by atoms with Crippen LogP contribution in [0.5, 0.6) is 0 Å². The Morgan fingerprint density at radius 1 is 0.926 bits per heavy atom. The highest BCUT2D eigenvalue weighted by molar-refractivity contribution is 6.05. The van der Waals surface area contributed by atoms with Crippen molar-refractivity contribution in [3.8, 4) is 0 Å². The van der Waals surface area contributed by atoms with Gasteiger partial charge < -0.3 is 10.6 Å². The van der Waals surface area contributed by atoms with Gasteiger partial charge in [-0.05, 0) is 48.4 Å². The van der Waals surface area contributed by atoms with Crippen LogP contribution in [-0.2, 0) is 6.42 Å². The standard InChI is InChI=1S/C21H18FN3O2/c22-17-8-6-15(7-9-17)10-12-24-21(27)19-14-16(11-13-23-19)20(26)25-18-4-2-1-3-5-18/h1-9,11,13-14H,10,12H2,(H,24,27)(H,25,26). The predicted octanol–water partition coefficient (Wildman–Crippen LogP) is 3.45. The number of aromatic nitrogens is 1. The third-order valence-electron chi connectivity index (χ3n) is 3.90. The Kier molecular flexibility index (Phi) is 5.89. The molecule has 1 aromatic heterocycles. The van der Waals surface area contributed by atoms with Crippen LogP contribution in [-0.4, -0.2) is 23.3 Å². The molecule has 0 unspecified atom stereocenters. The van der Waals surface area contributed by atoms with E-state index in [1.54, 1.807) is 30.3 Å². The van der Waals surface area contributed by atoms with Gasteiger partial charge in [0.25, 0.3) is 11.8 Å². The van der Waals surface area contributed by atoms with Crippen molar-refractivity contribution in [2.24, 2.45) is 0 Å². The molecule has 136 valence electrons. The van der Waals surface area contributed by atoms with E-state index in [1.165, 1.54) is 24.4 Å². The van der Waals surface area contributed by atoms with Gasteiger partial charge in [0.15, 0.2) is 0 Å². The summed E-state index contributed by atoms with van der Waals surface area (Å²) < 4.78 is 12.9. The number of nitrogens with zero attached hydrogens (tertiary/aromatic N) is 1. The third kappa shape index (κ3) is 5.22. The lowest BCUT2D eigenvalue weighted by atomic mass is 10.1. The number of carbonyl (C=O) groups is 2. The summed E-state index contributed by atoms with van der Waals surface area (Å²) >= 11 is 0. The number of nitrogens with one attached hydrogen (secondary N) is 2. The maximum atomic E-state index is 12.9. The van der Waals surface area contributed by atoms with Crippen LogP contribution in [0.3, 0.4) is 0 Å². The minimum absolute atomic E-state index is 0.162. The van der Waals surface area contributed by atoms with Gasteiger partial charge in [0.05, 0.1) is 0 Å². The van der Waals surface area contributed by atoms with Gasteiger partial charge in [-0.3, -0.25) is 14.6 Å². The van der Waals surface area contributed by atoms with Crippen molar-refractivity contribution in [1.29, 1.82) is 0 Å². The summed E-state index contributed by atoms with van der Waals surface area (Å²) in [4.78, 5) is 28.6. The van der Waals surface area contributed by atoms with E-state index in [-0.39, 0.29) is 23.3 Å². The molecule has 6 heteroatoms.